The van der Waals surface area contributed by atoms with Crippen molar-refractivity contribution in [2.45, 2.75) is 13.8 Å². The number of imide groups is 1. The minimum atomic E-state index is -1.05. The van der Waals surface area contributed by atoms with Gasteiger partial charge in [0, 0.05) is 15.9 Å². The number of primary amides is 1. The molecule has 1 heterocycles. The van der Waals surface area contributed by atoms with Crippen LogP contribution in [-0.2, 0) is 4.79 Å². The van der Waals surface area contributed by atoms with Crippen LogP contribution in [0.25, 0.3) is 11.8 Å². The Balaban J connectivity index is 2.52. The van der Waals surface area contributed by atoms with E-state index in [1.807, 2.05) is 5.32 Å². The van der Waals surface area contributed by atoms with Crippen molar-refractivity contribution in [1.29, 1.82) is 5.26 Å². The van der Waals surface area contributed by atoms with E-state index in [4.69, 9.17) is 11.0 Å². The minimum Gasteiger partial charge on any atom is -0.351 e. The van der Waals surface area contributed by atoms with Crippen LogP contribution in [-0.4, -0.2) is 16.5 Å². The molecule has 0 bridgehead atoms. The average molecular weight is 405 g/mol. The second-order valence-corrected chi connectivity index (χ2v) is 6.16. The normalized spacial score (nSPS) is 11.1. The van der Waals surface area contributed by atoms with Crippen LogP contribution in [0.5, 0.6) is 0 Å². The molecule has 1 aromatic heterocycles. The van der Waals surface area contributed by atoms with Crippen molar-refractivity contribution in [3.05, 3.63) is 57.1 Å². The molecule has 0 atom stereocenters. The van der Waals surface area contributed by atoms with Crippen LogP contribution < -0.4 is 11.1 Å². The van der Waals surface area contributed by atoms with Gasteiger partial charge in [0.2, 0.25) is 0 Å². The number of amides is 3. The van der Waals surface area contributed by atoms with Gasteiger partial charge < -0.3 is 10.3 Å². The topological polar surface area (TPSA) is 101 Å². The predicted molar refractivity (Wildman–Crippen MR) is 94.2 cm³/mol. The quantitative estimate of drug-likeness (QED) is 0.606. The summed E-state index contributed by atoms with van der Waals surface area (Å²) in [4.78, 5) is 22.5. The molecule has 2 rings (SSSR count). The van der Waals surface area contributed by atoms with Crippen LogP contribution in [0.4, 0.5) is 9.18 Å². The number of halogens is 2. The monoisotopic (exact) mass is 404 g/mol. The molecule has 3 amide bonds. The lowest BCUT2D eigenvalue weighted by atomic mass is 10.1. The van der Waals surface area contributed by atoms with E-state index in [1.54, 1.807) is 42.7 Å². The largest absolute Gasteiger partial charge is 0.351 e. The fourth-order valence-corrected chi connectivity index (χ4v) is 2.78. The molecule has 0 aliphatic rings. The number of hydrogen-bond donors (Lipinski definition) is 2. The Bertz CT molecular complexity index is 941. The Morgan fingerprint density at radius 1 is 1.36 bits per heavy atom. The lowest BCUT2D eigenvalue weighted by Crippen LogP contribution is -2.35. The highest BCUT2D eigenvalue weighted by Crippen LogP contribution is 2.26. The number of carbonyl (C=O) groups is 2. The molecule has 0 spiro atoms. The number of nitriles is 1. The Kier molecular flexibility index (Phi) is 5.39. The molecule has 0 saturated heterocycles. The number of benzene rings is 1. The zero-order valence-corrected chi connectivity index (χ0v) is 15.0. The van der Waals surface area contributed by atoms with Crippen molar-refractivity contribution < 1.29 is 14.0 Å². The molecule has 0 saturated carbocycles. The number of nitrogens with two attached hydrogens (primary N) is 1. The summed E-state index contributed by atoms with van der Waals surface area (Å²) in [7, 11) is 0. The fraction of sp³-hybridized carbons (Fsp3) is 0.118. The number of rotatable bonds is 3. The summed E-state index contributed by atoms with van der Waals surface area (Å²) in [6.45, 7) is 3.52. The molecule has 8 heteroatoms. The number of aryl methyl sites for hydroxylation is 1. The van der Waals surface area contributed by atoms with Crippen molar-refractivity contribution >= 4 is 33.9 Å². The molecule has 0 unspecified atom stereocenters. The number of carbonyl (C=O) groups excluding carboxylic acids is 2. The van der Waals surface area contributed by atoms with Crippen LogP contribution in [0.1, 0.15) is 17.0 Å². The molecular formula is C17H14BrFN4O2. The van der Waals surface area contributed by atoms with Crippen LogP contribution >= 0.6 is 15.9 Å². The lowest BCUT2D eigenvalue weighted by Gasteiger charge is -2.11. The van der Waals surface area contributed by atoms with Crippen LogP contribution in [0, 0.1) is 31.0 Å². The Morgan fingerprint density at radius 2 is 2.04 bits per heavy atom. The number of hydrogen-bond acceptors (Lipinski definition) is 3. The number of nitrogens with zero attached hydrogens (tertiary/aromatic N) is 2. The Morgan fingerprint density at radius 3 is 2.60 bits per heavy atom. The van der Waals surface area contributed by atoms with Crippen molar-refractivity contribution in [3.63, 3.8) is 0 Å². The van der Waals surface area contributed by atoms with E-state index in [9.17, 15) is 14.0 Å². The van der Waals surface area contributed by atoms with Crippen molar-refractivity contribution in [2.24, 2.45) is 5.73 Å². The second kappa shape index (κ2) is 7.32. The molecule has 0 aliphatic heterocycles. The van der Waals surface area contributed by atoms with Crippen LogP contribution in [0.15, 0.2) is 34.3 Å². The van der Waals surface area contributed by atoms with Gasteiger partial charge in [-0.15, -0.1) is 0 Å². The average Bonchev–Trinajstić information content (AvgIpc) is 2.79. The molecule has 0 fully saturated rings. The van der Waals surface area contributed by atoms with Gasteiger partial charge >= 0.3 is 6.03 Å². The van der Waals surface area contributed by atoms with Crippen molar-refractivity contribution in [2.75, 3.05) is 0 Å². The maximum absolute atomic E-state index is 14.3. The van der Waals surface area contributed by atoms with E-state index in [-0.39, 0.29) is 5.57 Å². The summed E-state index contributed by atoms with van der Waals surface area (Å²) in [5.74, 6) is -1.31. The summed E-state index contributed by atoms with van der Waals surface area (Å²) < 4.78 is 16.6. The third-order valence-electron chi connectivity index (χ3n) is 3.52. The smallest absolute Gasteiger partial charge is 0.319 e. The molecule has 0 radical (unpaired) electrons. The number of aromatic nitrogens is 1. The first-order valence-electron chi connectivity index (χ1n) is 7.11. The molecule has 2 aromatic rings. The van der Waals surface area contributed by atoms with Crippen LogP contribution in [0.3, 0.4) is 0 Å². The van der Waals surface area contributed by atoms with E-state index in [0.717, 1.165) is 5.69 Å². The highest BCUT2D eigenvalue weighted by molar-refractivity contribution is 9.10. The molecule has 3 N–H and O–H groups in total. The Hall–Kier alpha value is -2.92. The third kappa shape index (κ3) is 3.95. The lowest BCUT2D eigenvalue weighted by molar-refractivity contribution is -0.115. The zero-order chi connectivity index (χ0) is 18.7. The molecule has 25 heavy (non-hydrogen) atoms. The van der Waals surface area contributed by atoms with Gasteiger partial charge in [-0.1, -0.05) is 15.9 Å². The highest BCUT2D eigenvalue weighted by atomic mass is 79.9. The first-order chi connectivity index (χ1) is 11.7. The predicted octanol–water partition coefficient (Wildman–Crippen LogP) is 3.10. The van der Waals surface area contributed by atoms with E-state index >= 15 is 0 Å². The van der Waals surface area contributed by atoms with Gasteiger partial charge in [-0.2, -0.15) is 5.26 Å². The second-order valence-electron chi connectivity index (χ2n) is 5.25. The fourth-order valence-electron chi connectivity index (χ4n) is 2.45. The van der Waals surface area contributed by atoms with Gasteiger partial charge in [0.1, 0.15) is 17.5 Å². The first-order valence-corrected chi connectivity index (χ1v) is 7.91. The highest BCUT2D eigenvalue weighted by Gasteiger charge is 2.16. The molecule has 6 nitrogen and oxygen atoms in total. The molecular weight excluding hydrogens is 391 g/mol. The summed E-state index contributed by atoms with van der Waals surface area (Å²) in [6.07, 6.45) is 1.33. The van der Waals surface area contributed by atoms with Gasteiger partial charge in [-0.25, -0.2) is 9.18 Å². The van der Waals surface area contributed by atoms with E-state index in [2.05, 4.69) is 15.9 Å². The summed E-state index contributed by atoms with van der Waals surface area (Å²) >= 11 is 3.21. The van der Waals surface area contributed by atoms with Crippen molar-refractivity contribution in [3.8, 4) is 11.8 Å². The maximum Gasteiger partial charge on any atom is 0.319 e. The van der Waals surface area contributed by atoms with E-state index in [1.165, 1.54) is 12.1 Å². The van der Waals surface area contributed by atoms with Gasteiger partial charge in [-0.05, 0) is 49.8 Å². The maximum atomic E-state index is 14.3. The van der Waals surface area contributed by atoms with E-state index < -0.39 is 17.8 Å². The third-order valence-corrected chi connectivity index (χ3v) is 4.02. The van der Waals surface area contributed by atoms with Crippen LogP contribution in [0.2, 0.25) is 0 Å². The van der Waals surface area contributed by atoms with Gasteiger partial charge in [0.05, 0.1) is 5.69 Å². The van der Waals surface area contributed by atoms with Gasteiger partial charge in [-0.3, -0.25) is 10.1 Å². The molecule has 128 valence electrons. The molecule has 0 aliphatic carbocycles. The summed E-state index contributed by atoms with van der Waals surface area (Å²) in [6, 6.07) is 7.08. The number of urea groups is 1. The van der Waals surface area contributed by atoms with Gasteiger partial charge in [0.25, 0.3) is 5.91 Å². The minimum absolute atomic E-state index is 0.282. The molecule has 1 aromatic carbocycles. The number of nitrogens with one attached hydrogen (secondary N) is 1. The summed E-state index contributed by atoms with van der Waals surface area (Å²) in [5, 5.41) is 11.0. The first kappa shape index (κ1) is 18.4. The SMILES string of the molecule is Cc1cc(/C=C(/C#N)C(=O)NC(N)=O)c(C)n1-c1ccc(Br)cc1F. The Labute approximate surface area is 151 Å². The van der Waals surface area contributed by atoms with Crippen molar-refractivity contribution in [1.82, 2.24) is 9.88 Å². The standard InChI is InChI=1S/C17H14BrFN4O2/c1-9-5-11(6-12(8-20)16(24)22-17(21)25)10(2)23(9)15-4-3-13(18)7-14(15)19/h3-7H,1-2H3,(H3,21,22,24,25)/b12-6-. The van der Waals surface area contributed by atoms with Gasteiger partial charge in [0.15, 0.2) is 0 Å². The summed E-state index contributed by atoms with van der Waals surface area (Å²) in [5.41, 5.74) is 6.86. The van der Waals surface area contributed by atoms with E-state index in [0.29, 0.717) is 21.4 Å². The zero-order valence-electron chi connectivity index (χ0n) is 13.4.